The number of fused-ring (bicyclic) bond motifs is 1. The van der Waals surface area contributed by atoms with Crippen LogP contribution in [0.4, 0.5) is 11.4 Å². The Bertz CT molecular complexity index is 613. The van der Waals surface area contributed by atoms with Crippen molar-refractivity contribution < 1.29 is 14.3 Å². The number of nitrogens with one attached hydrogen (secondary N) is 1. The van der Waals surface area contributed by atoms with Gasteiger partial charge < -0.3 is 10.1 Å². The fraction of sp³-hybridized carbons (Fsp3) is 0.556. The highest BCUT2D eigenvalue weighted by Gasteiger charge is 2.36. The molecule has 2 unspecified atom stereocenters. The Morgan fingerprint density at radius 2 is 2.00 bits per heavy atom. The first-order valence-corrected chi connectivity index (χ1v) is 8.24. The molecule has 126 valence electrons. The Balaban J connectivity index is 2.31. The third-order valence-corrected chi connectivity index (χ3v) is 4.32. The summed E-state index contributed by atoms with van der Waals surface area (Å²) in [6.45, 7) is 10.0. The van der Waals surface area contributed by atoms with E-state index < -0.39 is 6.04 Å². The third kappa shape index (κ3) is 3.49. The first-order valence-electron chi connectivity index (χ1n) is 8.24. The van der Waals surface area contributed by atoms with Crippen molar-refractivity contribution in [1.29, 1.82) is 0 Å². The van der Waals surface area contributed by atoms with Gasteiger partial charge in [0.1, 0.15) is 12.1 Å². The number of unbranched alkanes of at least 4 members (excludes halogenated alkanes) is 1. The molecular weight excluding hydrogens is 292 g/mol. The number of hydrogen-bond donors (Lipinski definition) is 1. The van der Waals surface area contributed by atoms with Crippen LogP contribution in [0.5, 0.6) is 0 Å². The molecule has 5 nitrogen and oxygen atoms in total. The van der Waals surface area contributed by atoms with Crippen molar-refractivity contribution in [3.8, 4) is 0 Å². The molecule has 1 aliphatic rings. The Morgan fingerprint density at radius 3 is 2.65 bits per heavy atom. The minimum absolute atomic E-state index is 0.110. The van der Waals surface area contributed by atoms with Gasteiger partial charge in [0.25, 0.3) is 0 Å². The van der Waals surface area contributed by atoms with Gasteiger partial charge in [0.05, 0.1) is 18.0 Å². The molecule has 23 heavy (non-hydrogen) atoms. The van der Waals surface area contributed by atoms with Crippen LogP contribution in [0.2, 0.25) is 0 Å². The molecule has 2 rings (SSSR count). The maximum absolute atomic E-state index is 12.6. The minimum atomic E-state index is -0.634. The summed E-state index contributed by atoms with van der Waals surface area (Å²) in [7, 11) is 0. The van der Waals surface area contributed by atoms with Crippen LogP contribution >= 0.6 is 0 Å². The molecule has 0 fully saturated rings. The summed E-state index contributed by atoms with van der Waals surface area (Å²) in [6.07, 6.45) is 1.80. The second-order valence-corrected chi connectivity index (χ2v) is 6.22. The summed E-state index contributed by atoms with van der Waals surface area (Å²) in [5, 5.41) is 3.21. The van der Waals surface area contributed by atoms with Crippen LogP contribution in [0.1, 0.15) is 44.7 Å². The Kier molecular flexibility index (Phi) is 5.29. The monoisotopic (exact) mass is 318 g/mol. The van der Waals surface area contributed by atoms with Gasteiger partial charge in [-0.25, -0.2) is 4.79 Å². The first kappa shape index (κ1) is 17.3. The Hall–Kier alpha value is -2.04. The zero-order chi connectivity index (χ0) is 17.1. The van der Waals surface area contributed by atoms with Crippen molar-refractivity contribution in [1.82, 2.24) is 0 Å². The number of anilines is 2. The normalized spacial score (nSPS) is 18.2. The van der Waals surface area contributed by atoms with Crippen LogP contribution in [-0.4, -0.2) is 30.6 Å². The summed E-state index contributed by atoms with van der Waals surface area (Å²) >= 11 is 0. The maximum atomic E-state index is 12.6. The van der Waals surface area contributed by atoms with E-state index in [1.54, 1.807) is 11.8 Å². The quantitative estimate of drug-likeness (QED) is 0.669. The number of benzene rings is 1. The fourth-order valence-corrected chi connectivity index (χ4v) is 2.68. The summed E-state index contributed by atoms with van der Waals surface area (Å²) in [5.74, 6) is -0.467. The number of esters is 1. The molecule has 1 aromatic rings. The van der Waals surface area contributed by atoms with Gasteiger partial charge in [-0.1, -0.05) is 13.3 Å². The van der Waals surface area contributed by atoms with Crippen molar-refractivity contribution >= 4 is 23.3 Å². The number of nitrogens with zero attached hydrogens (tertiary/aromatic N) is 1. The fourth-order valence-electron chi connectivity index (χ4n) is 2.68. The van der Waals surface area contributed by atoms with Gasteiger partial charge in [-0.15, -0.1) is 0 Å². The number of rotatable bonds is 5. The predicted molar refractivity (Wildman–Crippen MR) is 91.8 cm³/mol. The average Bonchev–Trinajstić information content (AvgIpc) is 2.50. The standard InChI is InChI=1S/C18H26N2O3/c1-6-7-8-23-18(22)14(5)20-16-10-12(3)11(2)9-15(16)19-13(4)17(20)21/h9-10,13-14,19H,6-8H2,1-5H3. The van der Waals surface area contributed by atoms with E-state index in [0.29, 0.717) is 6.61 Å². The lowest BCUT2D eigenvalue weighted by Crippen LogP contribution is -2.52. The summed E-state index contributed by atoms with van der Waals surface area (Å²) < 4.78 is 5.30. The van der Waals surface area contributed by atoms with Gasteiger partial charge in [-0.3, -0.25) is 9.69 Å². The van der Waals surface area contributed by atoms with E-state index in [1.165, 1.54) is 0 Å². The number of carbonyl (C=O) groups excluding carboxylic acids is 2. The molecule has 0 saturated heterocycles. The van der Waals surface area contributed by atoms with Crippen molar-refractivity contribution in [2.75, 3.05) is 16.8 Å². The van der Waals surface area contributed by atoms with E-state index >= 15 is 0 Å². The van der Waals surface area contributed by atoms with Crippen LogP contribution in [-0.2, 0) is 14.3 Å². The lowest BCUT2D eigenvalue weighted by Gasteiger charge is -2.37. The number of hydrogen-bond acceptors (Lipinski definition) is 4. The zero-order valence-corrected chi connectivity index (χ0v) is 14.6. The molecule has 1 heterocycles. The zero-order valence-electron chi connectivity index (χ0n) is 14.6. The van der Waals surface area contributed by atoms with Crippen LogP contribution < -0.4 is 10.2 Å². The topological polar surface area (TPSA) is 58.6 Å². The molecule has 0 radical (unpaired) electrons. The van der Waals surface area contributed by atoms with Crippen LogP contribution in [0.3, 0.4) is 0 Å². The smallest absolute Gasteiger partial charge is 0.328 e. The van der Waals surface area contributed by atoms with E-state index in [4.69, 9.17) is 4.74 Å². The molecular formula is C18H26N2O3. The largest absolute Gasteiger partial charge is 0.464 e. The highest BCUT2D eigenvalue weighted by Crippen LogP contribution is 2.35. The van der Waals surface area contributed by atoms with Crippen LogP contribution in [0, 0.1) is 13.8 Å². The molecule has 1 amide bonds. The van der Waals surface area contributed by atoms with Gasteiger partial charge in [0.2, 0.25) is 5.91 Å². The van der Waals surface area contributed by atoms with Gasteiger partial charge in [0.15, 0.2) is 0 Å². The molecule has 0 bridgehead atoms. The highest BCUT2D eigenvalue weighted by molar-refractivity contribution is 6.08. The van der Waals surface area contributed by atoms with E-state index in [-0.39, 0.29) is 17.9 Å². The molecule has 2 atom stereocenters. The molecule has 0 aromatic heterocycles. The average molecular weight is 318 g/mol. The highest BCUT2D eigenvalue weighted by atomic mass is 16.5. The summed E-state index contributed by atoms with van der Waals surface area (Å²) in [5.41, 5.74) is 3.87. The molecule has 0 saturated carbocycles. The number of ether oxygens (including phenoxy) is 1. The van der Waals surface area contributed by atoms with Crippen molar-refractivity contribution in [2.24, 2.45) is 0 Å². The molecule has 0 aliphatic carbocycles. The van der Waals surface area contributed by atoms with Crippen LogP contribution in [0.15, 0.2) is 12.1 Å². The SMILES string of the molecule is CCCCOC(=O)C(C)N1C(=O)C(C)Nc2cc(C)c(C)cc21. The van der Waals surface area contributed by atoms with Gasteiger partial charge >= 0.3 is 5.97 Å². The summed E-state index contributed by atoms with van der Waals surface area (Å²) in [4.78, 5) is 26.5. The molecule has 5 heteroatoms. The van der Waals surface area contributed by atoms with Crippen molar-refractivity contribution in [3.05, 3.63) is 23.3 Å². The summed E-state index contributed by atoms with van der Waals surface area (Å²) in [6, 6.07) is 2.98. The van der Waals surface area contributed by atoms with E-state index in [9.17, 15) is 9.59 Å². The maximum Gasteiger partial charge on any atom is 0.328 e. The molecule has 1 N–H and O–H groups in total. The molecule has 1 aromatic carbocycles. The van der Waals surface area contributed by atoms with E-state index in [2.05, 4.69) is 5.32 Å². The molecule has 1 aliphatic heterocycles. The second kappa shape index (κ2) is 7.02. The van der Waals surface area contributed by atoms with Gasteiger partial charge in [0, 0.05) is 0 Å². The van der Waals surface area contributed by atoms with Crippen molar-refractivity contribution in [3.63, 3.8) is 0 Å². The van der Waals surface area contributed by atoms with E-state index in [1.807, 2.05) is 39.8 Å². The predicted octanol–water partition coefficient (Wildman–Crippen LogP) is 3.18. The lowest BCUT2D eigenvalue weighted by molar-refractivity contribution is -0.146. The van der Waals surface area contributed by atoms with Crippen molar-refractivity contribution in [2.45, 2.75) is 59.5 Å². The first-order chi connectivity index (χ1) is 10.9. The Morgan fingerprint density at radius 1 is 1.35 bits per heavy atom. The third-order valence-electron chi connectivity index (χ3n) is 4.32. The van der Waals surface area contributed by atoms with E-state index in [0.717, 1.165) is 35.3 Å². The lowest BCUT2D eigenvalue weighted by atomic mass is 10.0. The van der Waals surface area contributed by atoms with Gasteiger partial charge in [-0.2, -0.15) is 0 Å². The van der Waals surface area contributed by atoms with Crippen LogP contribution in [0.25, 0.3) is 0 Å². The Labute approximate surface area is 138 Å². The second-order valence-electron chi connectivity index (χ2n) is 6.22. The number of carbonyl (C=O) groups is 2. The number of amides is 1. The minimum Gasteiger partial charge on any atom is -0.464 e. The molecule has 0 spiro atoms. The van der Waals surface area contributed by atoms with Gasteiger partial charge in [-0.05, 0) is 57.4 Å². The number of aryl methyl sites for hydroxylation is 2.